The van der Waals surface area contributed by atoms with Crippen LogP contribution in [0.4, 0.5) is 0 Å². The molecule has 8 heteroatoms. The van der Waals surface area contributed by atoms with E-state index in [0.717, 1.165) is 5.56 Å². The van der Waals surface area contributed by atoms with E-state index in [2.05, 4.69) is 10.6 Å². The topological polar surface area (TPSA) is 87.7 Å². The van der Waals surface area contributed by atoms with Crippen LogP contribution in [0, 0.1) is 5.41 Å². The number of hydrogen-bond acceptors (Lipinski definition) is 5. The minimum Gasteiger partial charge on any atom is -0.496 e. The molecule has 1 aliphatic heterocycles. The molecule has 0 spiro atoms. The number of para-hydroxylation sites is 1. The minimum atomic E-state index is -3.81. The van der Waals surface area contributed by atoms with Gasteiger partial charge in [-0.05, 0) is 50.0 Å². The molecule has 1 heterocycles. The Balaban J connectivity index is 2.05. The molecule has 1 saturated heterocycles. The number of sulfonamides is 1. The predicted molar refractivity (Wildman–Crippen MR) is 122 cm³/mol. The zero-order chi connectivity index (χ0) is 22.5. The molecule has 0 saturated carbocycles. The summed E-state index contributed by atoms with van der Waals surface area (Å²) >= 11 is 0. The Hall–Kier alpha value is -2.42. The SMILES string of the molecule is COc1ccccc1C(=O)NC(C1(Cc2ccccc2)CCNCC1)S(=O)(=O)N(C)C. The Morgan fingerprint density at radius 3 is 2.32 bits per heavy atom. The first kappa shape index (κ1) is 23.2. The molecule has 0 aliphatic carbocycles. The quantitative estimate of drug-likeness (QED) is 0.651. The highest BCUT2D eigenvalue weighted by molar-refractivity contribution is 7.89. The molecule has 1 unspecified atom stereocenters. The van der Waals surface area contributed by atoms with Crippen LogP contribution in [0.2, 0.25) is 0 Å². The summed E-state index contributed by atoms with van der Waals surface area (Å²) in [6.07, 6.45) is 1.82. The van der Waals surface area contributed by atoms with E-state index in [1.54, 1.807) is 24.3 Å². The van der Waals surface area contributed by atoms with Crippen LogP contribution in [-0.4, -0.2) is 58.3 Å². The molecule has 1 fully saturated rings. The number of benzene rings is 2. The van der Waals surface area contributed by atoms with Gasteiger partial charge in [0.05, 0.1) is 12.7 Å². The van der Waals surface area contributed by atoms with Crippen molar-refractivity contribution in [2.24, 2.45) is 5.41 Å². The van der Waals surface area contributed by atoms with Crippen LogP contribution in [0.15, 0.2) is 54.6 Å². The van der Waals surface area contributed by atoms with E-state index in [1.807, 2.05) is 30.3 Å². The lowest BCUT2D eigenvalue weighted by Gasteiger charge is -2.44. The number of carbonyl (C=O) groups excluding carboxylic acids is 1. The maximum Gasteiger partial charge on any atom is 0.256 e. The first-order valence-electron chi connectivity index (χ1n) is 10.4. The van der Waals surface area contributed by atoms with Gasteiger partial charge in [-0.1, -0.05) is 42.5 Å². The second-order valence-electron chi connectivity index (χ2n) is 8.16. The van der Waals surface area contributed by atoms with Gasteiger partial charge in [-0.25, -0.2) is 12.7 Å². The summed E-state index contributed by atoms with van der Waals surface area (Å²) in [5, 5.41) is 5.13. The van der Waals surface area contributed by atoms with Crippen LogP contribution in [0.3, 0.4) is 0 Å². The van der Waals surface area contributed by atoms with Gasteiger partial charge in [-0.3, -0.25) is 4.79 Å². The number of amides is 1. The summed E-state index contributed by atoms with van der Waals surface area (Å²) in [6, 6.07) is 16.7. The van der Waals surface area contributed by atoms with E-state index < -0.39 is 26.7 Å². The predicted octanol–water partition coefficient (Wildman–Crippen LogP) is 2.25. The number of methoxy groups -OCH3 is 1. The number of nitrogens with zero attached hydrogens (tertiary/aromatic N) is 1. The van der Waals surface area contributed by atoms with Crippen molar-refractivity contribution in [3.63, 3.8) is 0 Å². The zero-order valence-electron chi connectivity index (χ0n) is 18.3. The summed E-state index contributed by atoms with van der Waals surface area (Å²) < 4.78 is 33.5. The first-order valence-corrected chi connectivity index (χ1v) is 11.9. The van der Waals surface area contributed by atoms with Gasteiger partial charge in [0.25, 0.3) is 5.91 Å². The summed E-state index contributed by atoms with van der Waals surface area (Å²) in [5.74, 6) is -0.0535. The lowest BCUT2D eigenvalue weighted by molar-refractivity contribution is 0.0881. The third-order valence-electron chi connectivity index (χ3n) is 5.98. The van der Waals surface area contributed by atoms with Crippen molar-refractivity contribution in [2.75, 3.05) is 34.3 Å². The van der Waals surface area contributed by atoms with E-state index in [4.69, 9.17) is 4.74 Å². The number of carbonyl (C=O) groups is 1. The van der Waals surface area contributed by atoms with E-state index in [1.165, 1.54) is 25.5 Å². The lowest BCUT2D eigenvalue weighted by atomic mass is 9.73. The average Bonchev–Trinajstić information content (AvgIpc) is 2.78. The molecule has 7 nitrogen and oxygen atoms in total. The molecule has 1 aliphatic rings. The Bertz CT molecular complexity index is 987. The van der Waals surface area contributed by atoms with Gasteiger partial charge in [0.15, 0.2) is 5.37 Å². The molecule has 0 radical (unpaired) electrons. The fourth-order valence-electron chi connectivity index (χ4n) is 4.24. The zero-order valence-corrected chi connectivity index (χ0v) is 19.1. The largest absolute Gasteiger partial charge is 0.496 e. The van der Waals surface area contributed by atoms with Crippen LogP contribution < -0.4 is 15.4 Å². The molecular weight excluding hydrogens is 414 g/mol. The van der Waals surface area contributed by atoms with Gasteiger partial charge in [0, 0.05) is 19.5 Å². The standard InChI is InChI=1S/C23H31N3O4S/c1-26(2)31(28,29)22(25-21(27)19-11-7-8-12-20(19)30-3)23(13-15-24-16-14-23)17-18-9-5-4-6-10-18/h4-12,22,24H,13-17H2,1-3H3,(H,25,27). The third kappa shape index (κ3) is 5.08. The molecule has 2 N–H and O–H groups in total. The molecule has 1 amide bonds. The maximum absolute atomic E-state index is 13.5. The monoisotopic (exact) mass is 445 g/mol. The first-order chi connectivity index (χ1) is 14.8. The Morgan fingerprint density at radius 1 is 1.10 bits per heavy atom. The van der Waals surface area contributed by atoms with Crippen molar-refractivity contribution in [2.45, 2.75) is 24.6 Å². The van der Waals surface area contributed by atoms with Gasteiger partial charge in [-0.2, -0.15) is 0 Å². The van der Waals surface area contributed by atoms with Crippen molar-refractivity contribution < 1.29 is 17.9 Å². The summed E-state index contributed by atoms with van der Waals surface area (Å²) in [6.45, 7) is 1.38. The van der Waals surface area contributed by atoms with Gasteiger partial charge in [-0.15, -0.1) is 0 Å². The Kier molecular flexibility index (Phi) is 7.35. The van der Waals surface area contributed by atoms with E-state index >= 15 is 0 Å². The fourth-order valence-corrected chi connectivity index (χ4v) is 5.87. The molecular formula is C23H31N3O4S. The number of hydrogen-bond donors (Lipinski definition) is 2. The molecule has 2 aromatic rings. The molecule has 168 valence electrons. The highest BCUT2D eigenvalue weighted by atomic mass is 32.2. The number of piperidine rings is 1. The molecule has 31 heavy (non-hydrogen) atoms. The van der Waals surface area contributed by atoms with Gasteiger partial charge in [0.1, 0.15) is 5.75 Å². The van der Waals surface area contributed by atoms with Crippen LogP contribution in [0.5, 0.6) is 5.75 Å². The molecule has 2 aromatic carbocycles. The van der Waals surface area contributed by atoms with Crippen molar-refractivity contribution in [3.8, 4) is 5.75 Å². The van der Waals surface area contributed by atoms with Crippen LogP contribution >= 0.6 is 0 Å². The fraction of sp³-hybridized carbons (Fsp3) is 0.435. The molecule has 0 bridgehead atoms. The van der Waals surface area contributed by atoms with E-state index in [9.17, 15) is 13.2 Å². The molecule has 1 atom stereocenters. The van der Waals surface area contributed by atoms with Crippen molar-refractivity contribution in [1.29, 1.82) is 0 Å². The van der Waals surface area contributed by atoms with Crippen molar-refractivity contribution >= 4 is 15.9 Å². The summed E-state index contributed by atoms with van der Waals surface area (Å²) in [4.78, 5) is 13.3. The van der Waals surface area contributed by atoms with Crippen LogP contribution in [-0.2, 0) is 16.4 Å². The summed E-state index contributed by atoms with van der Waals surface area (Å²) in [5.41, 5.74) is 0.718. The highest BCUT2D eigenvalue weighted by Crippen LogP contribution is 2.40. The average molecular weight is 446 g/mol. The Morgan fingerprint density at radius 2 is 1.71 bits per heavy atom. The van der Waals surface area contributed by atoms with Gasteiger partial charge >= 0.3 is 0 Å². The number of ether oxygens (including phenoxy) is 1. The molecule has 0 aromatic heterocycles. The van der Waals surface area contributed by atoms with E-state index in [0.29, 0.717) is 43.7 Å². The van der Waals surface area contributed by atoms with E-state index in [-0.39, 0.29) is 0 Å². The second-order valence-corrected chi connectivity index (χ2v) is 10.4. The molecule has 3 rings (SSSR count). The normalized spacial score (nSPS) is 17.2. The highest BCUT2D eigenvalue weighted by Gasteiger charge is 2.48. The lowest BCUT2D eigenvalue weighted by Crippen LogP contribution is -2.59. The number of nitrogens with one attached hydrogen (secondary N) is 2. The van der Waals surface area contributed by atoms with Crippen LogP contribution in [0.25, 0.3) is 0 Å². The van der Waals surface area contributed by atoms with Crippen molar-refractivity contribution in [3.05, 3.63) is 65.7 Å². The third-order valence-corrected chi connectivity index (χ3v) is 8.21. The van der Waals surface area contributed by atoms with Gasteiger partial charge < -0.3 is 15.4 Å². The number of rotatable bonds is 8. The van der Waals surface area contributed by atoms with Gasteiger partial charge in [0.2, 0.25) is 10.0 Å². The Labute approximate surface area is 184 Å². The second kappa shape index (κ2) is 9.80. The van der Waals surface area contributed by atoms with Crippen LogP contribution in [0.1, 0.15) is 28.8 Å². The maximum atomic E-state index is 13.5. The summed E-state index contributed by atoms with van der Waals surface area (Å²) in [7, 11) is 0.701. The van der Waals surface area contributed by atoms with Crippen molar-refractivity contribution in [1.82, 2.24) is 14.9 Å². The smallest absolute Gasteiger partial charge is 0.256 e. The minimum absolute atomic E-state index is 0.313.